The number of nitrogens with one attached hydrogen (secondary N) is 6. The van der Waals surface area contributed by atoms with Crippen LogP contribution in [0.5, 0.6) is 11.5 Å². The highest BCUT2D eigenvalue weighted by Crippen LogP contribution is 2.29. The van der Waals surface area contributed by atoms with Crippen molar-refractivity contribution in [2.24, 2.45) is 0 Å². The van der Waals surface area contributed by atoms with Crippen LogP contribution in [0.4, 0.5) is 58.4 Å². The van der Waals surface area contributed by atoms with Gasteiger partial charge < -0.3 is 60.7 Å². The van der Waals surface area contributed by atoms with Gasteiger partial charge in [-0.3, -0.25) is 0 Å². The summed E-state index contributed by atoms with van der Waals surface area (Å²) in [5, 5.41) is 36.0. The molecule has 0 saturated heterocycles. The molecule has 2 heterocycles. The fourth-order valence-corrected chi connectivity index (χ4v) is 6.84. The van der Waals surface area contributed by atoms with E-state index in [4.69, 9.17) is 9.47 Å². The molecule has 0 spiro atoms. The average Bonchev–Trinajstić information content (AvgIpc) is 3.24. The zero-order valence-electron chi connectivity index (χ0n) is 32.7. The fourth-order valence-electron chi connectivity index (χ4n) is 5.45. The van der Waals surface area contributed by atoms with E-state index in [1.165, 1.54) is 50.6 Å². The van der Waals surface area contributed by atoms with Crippen molar-refractivity contribution in [3.05, 3.63) is 96.1 Å². The van der Waals surface area contributed by atoms with Crippen molar-refractivity contribution in [2.45, 2.75) is 9.79 Å². The van der Waals surface area contributed by atoms with E-state index in [1.54, 1.807) is 48.5 Å². The summed E-state index contributed by atoms with van der Waals surface area (Å²) in [6, 6.07) is 21.3. The maximum absolute atomic E-state index is 12.5. The molecule has 0 amide bonds. The number of hydrogen-bond acceptors (Lipinski definition) is 22. The summed E-state index contributed by atoms with van der Waals surface area (Å²) >= 11 is 0. The second kappa shape index (κ2) is 19.9. The highest BCUT2D eigenvalue weighted by atomic mass is 32.2. The molecule has 6 rings (SSSR count). The SMILES string of the molecule is COc1ccc(Nc2nc(NCCO)nc(Nc3ccc(/C=C/c4ccc(Nc5nc(NCCO)nc(Nc6ccc(OC)cc6)n5)cc4S(=O)(=O)[O-])c(S(=O)(=O)[O-])c3)n2)cc1. The summed E-state index contributed by atoms with van der Waals surface area (Å²) in [6.45, 7) is -0.242. The normalized spacial score (nSPS) is 11.5. The Labute approximate surface area is 355 Å². The number of aliphatic hydroxyl groups is 2. The zero-order valence-corrected chi connectivity index (χ0v) is 34.4. The van der Waals surface area contributed by atoms with Gasteiger partial charge >= 0.3 is 0 Å². The Morgan fingerprint density at radius 2 is 0.806 bits per heavy atom. The predicted molar refractivity (Wildman–Crippen MR) is 228 cm³/mol. The molecule has 0 aliphatic heterocycles. The number of nitrogens with zero attached hydrogens (tertiary/aromatic N) is 6. The van der Waals surface area contributed by atoms with E-state index in [0.717, 1.165) is 12.1 Å². The van der Waals surface area contributed by atoms with Crippen molar-refractivity contribution in [3.8, 4) is 11.5 Å². The molecule has 324 valence electrons. The Hall–Kier alpha value is -7.22. The molecule has 6 aromatic rings. The molecule has 4 aromatic carbocycles. The first-order valence-corrected chi connectivity index (χ1v) is 21.0. The van der Waals surface area contributed by atoms with E-state index in [1.807, 2.05) is 0 Å². The van der Waals surface area contributed by atoms with Crippen LogP contribution in [0.3, 0.4) is 0 Å². The Balaban J connectivity index is 1.26. The second-order valence-corrected chi connectivity index (χ2v) is 15.3. The van der Waals surface area contributed by atoms with Gasteiger partial charge in [-0.05, 0) is 83.9 Å². The first-order valence-electron chi connectivity index (χ1n) is 18.2. The first kappa shape index (κ1) is 44.3. The molecular weight excluding hydrogens is 849 g/mol. The monoisotopic (exact) mass is 886 g/mol. The summed E-state index contributed by atoms with van der Waals surface area (Å²) < 4.78 is 85.5. The lowest BCUT2D eigenvalue weighted by Gasteiger charge is -2.16. The molecule has 8 N–H and O–H groups in total. The number of rotatable bonds is 20. The van der Waals surface area contributed by atoms with Crippen LogP contribution in [0.25, 0.3) is 12.2 Å². The standard InChI is InChI=1S/C38H40N12O10S2/c1-59-29-13-9-25(10-14-29)41-35-45-33(39-17-19-51)47-37(49-35)43-27-7-5-23(31(21-27)61(53,54)55)3-4-24-6-8-28(22-32(24)62(56,57)58)44-38-48-34(40-18-20-52)46-36(50-38)42-26-11-15-30(60-2)16-12-26/h3-16,21-22,51-52H,17-20H2,1-2H3,(H,53,54,55)(H,56,57,58)(H3,39,41,43,45,47,49)(H3,40,42,44,46,48,50)/p-2/b4-3+. The van der Waals surface area contributed by atoms with Gasteiger partial charge in [-0.25, -0.2) is 16.8 Å². The van der Waals surface area contributed by atoms with Crippen LogP contribution >= 0.6 is 0 Å². The van der Waals surface area contributed by atoms with Crippen molar-refractivity contribution >= 4 is 90.8 Å². The van der Waals surface area contributed by atoms with Crippen molar-refractivity contribution in [1.29, 1.82) is 0 Å². The van der Waals surface area contributed by atoms with Crippen LogP contribution in [0.2, 0.25) is 0 Å². The largest absolute Gasteiger partial charge is 0.744 e. The number of aromatic nitrogens is 6. The van der Waals surface area contributed by atoms with Gasteiger partial charge in [0.25, 0.3) is 0 Å². The fraction of sp³-hybridized carbons (Fsp3) is 0.158. The smallest absolute Gasteiger partial charge is 0.233 e. The van der Waals surface area contributed by atoms with Crippen LogP contribution in [0.1, 0.15) is 11.1 Å². The molecule has 0 fully saturated rings. The predicted octanol–water partition coefficient (Wildman–Crippen LogP) is 3.84. The number of aliphatic hydroxyl groups excluding tert-OH is 2. The molecule has 24 heteroatoms. The van der Waals surface area contributed by atoms with Gasteiger partial charge in [0.05, 0.1) is 37.2 Å². The van der Waals surface area contributed by atoms with Crippen molar-refractivity contribution < 1.29 is 45.6 Å². The topological polar surface area (TPSA) is 323 Å². The van der Waals surface area contributed by atoms with Crippen molar-refractivity contribution in [2.75, 3.05) is 72.4 Å². The highest BCUT2D eigenvalue weighted by Gasteiger charge is 2.15. The Morgan fingerprint density at radius 3 is 1.11 bits per heavy atom. The summed E-state index contributed by atoms with van der Waals surface area (Å²) in [7, 11) is -7.22. The molecular formula is C38H38N12O10S2-2. The van der Waals surface area contributed by atoms with Crippen LogP contribution in [-0.4, -0.2) is 107 Å². The van der Waals surface area contributed by atoms with Gasteiger partial charge in [0.2, 0.25) is 35.7 Å². The minimum absolute atomic E-state index is 0.0625. The lowest BCUT2D eigenvalue weighted by molar-refractivity contribution is 0.310. The third-order valence-electron chi connectivity index (χ3n) is 8.27. The number of methoxy groups -OCH3 is 2. The quantitative estimate of drug-likeness (QED) is 0.0399. The average molecular weight is 887 g/mol. The van der Waals surface area contributed by atoms with E-state index < -0.39 is 30.0 Å². The van der Waals surface area contributed by atoms with E-state index in [-0.39, 0.29) is 84.5 Å². The molecule has 22 nitrogen and oxygen atoms in total. The minimum Gasteiger partial charge on any atom is -0.744 e. The highest BCUT2D eigenvalue weighted by molar-refractivity contribution is 7.86. The molecule has 0 bridgehead atoms. The summed E-state index contributed by atoms with van der Waals surface area (Å²) in [4.78, 5) is 24.4. The van der Waals surface area contributed by atoms with Gasteiger partial charge in [0.15, 0.2) is 0 Å². The van der Waals surface area contributed by atoms with Gasteiger partial charge in [-0.1, -0.05) is 24.3 Å². The van der Waals surface area contributed by atoms with Crippen molar-refractivity contribution in [1.82, 2.24) is 29.9 Å². The third kappa shape index (κ3) is 12.2. The first-order chi connectivity index (χ1) is 29.7. The van der Waals surface area contributed by atoms with Crippen LogP contribution < -0.4 is 41.4 Å². The summed E-state index contributed by atoms with van der Waals surface area (Å²) in [5.41, 5.74) is 1.11. The number of anilines is 10. The van der Waals surface area contributed by atoms with E-state index in [0.29, 0.717) is 22.9 Å². The summed E-state index contributed by atoms with van der Waals surface area (Å²) in [6.07, 6.45) is 2.34. The zero-order chi connectivity index (χ0) is 44.3. The second-order valence-electron chi connectivity index (χ2n) is 12.6. The van der Waals surface area contributed by atoms with Gasteiger partial charge in [-0.15, -0.1) is 0 Å². The van der Waals surface area contributed by atoms with Crippen LogP contribution in [-0.2, 0) is 20.2 Å². The summed E-state index contributed by atoms with van der Waals surface area (Å²) in [5.74, 6) is 1.40. The molecule has 0 saturated carbocycles. The maximum Gasteiger partial charge on any atom is 0.233 e. The minimum atomic E-state index is -5.14. The van der Waals surface area contributed by atoms with Crippen LogP contribution in [0, 0.1) is 0 Å². The Kier molecular flexibility index (Phi) is 14.2. The Bertz CT molecular complexity index is 2580. The third-order valence-corrected chi connectivity index (χ3v) is 10.1. The van der Waals surface area contributed by atoms with Crippen molar-refractivity contribution in [3.63, 3.8) is 0 Å². The lowest BCUT2D eigenvalue weighted by Crippen LogP contribution is -2.12. The van der Waals surface area contributed by atoms with E-state index in [9.17, 15) is 36.2 Å². The molecule has 62 heavy (non-hydrogen) atoms. The van der Waals surface area contributed by atoms with Crippen LogP contribution in [0.15, 0.2) is 94.7 Å². The van der Waals surface area contributed by atoms with Gasteiger partial charge in [0.1, 0.15) is 31.7 Å². The molecule has 0 aliphatic rings. The molecule has 0 atom stereocenters. The molecule has 0 radical (unpaired) electrons. The lowest BCUT2D eigenvalue weighted by atomic mass is 10.1. The number of ether oxygens (including phenoxy) is 2. The maximum atomic E-state index is 12.5. The van der Waals surface area contributed by atoms with E-state index in [2.05, 4.69) is 61.8 Å². The van der Waals surface area contributed by atoms with Gasteiger partial charge in [0, 0.05) is 35.8 Å². The number of benzene rings is 4. The van der Waals surface area contributed by atoms with Gasteiger partial charge in [-0.2, -0.15) is 29.9 Å². The molecule has 0 aliphatic carbocycles. The van der Waals surface area contributed by atoms with E-state index >= 15 is 0 Å². The Morgan fingerprint density at radius 1 is 0.500 bits per heavy atom. The molecule has 2 aromatic heterocycles. The molecule has 0 unspecified atom stereocenters. The number of hydrogen-bond donors (Lipinski definition) is 8.